The minimum atomic E-state index is -3.12. The molecule has 0 saturated heterocycles. The van der Waals surface area contributed by atoms with Crippen LogP contribution in [0.5, 0.6) is 11.5 Å². The van der Waals surface area contributed by atoms with Gasteiger partial charge in [-0.25, -0.2) is 8.78 Å². The summed E-state index contributed by atoms with van der Waals surface area (Å²) in [6.45, 7) is 2.08. The van der Waals surface area contributed by atoms with E-state index in [0.29, 0.717) is 11.5 Å². The van der Waals surface area contributed by atoms with E-state index in [1.165, 1.54) is 19.2 Å². The predicted octanol–water partition coefficient (Wildman–Crippen LogP) is 1.81. The Hall–Kier alpha value is -1.89. The fourth-order valence-corrected chi connectivity index (χ4v) is 1.54. The van der Waals surface area contributed by atoms with Gasteiger partial charge in [-0.3, -0.25) is 4.79 Å². The van der Waals surface area contributed by atoms with E-state index in [1.54, 1.807) is 6.07 Å². The molecule has 0 saturated carbocycles. The Bertz CT molecular complexity index is 493. The van der Waals surface area contributed by atoms with Crippen molar-refractivity contribution in [3.63, 3.8) is 0 Å². The largest absolute Gasteiger partial charge is 0.493 e. The number of carbonyl (C=O) groups is 1. The molecule has 0 aromatic heterocycles. The third-order valence-corrected chi connectivity index (χ3v) is 2.59. The van der Waals surface area contributed by atoms with Crippen LogP contribution < -0.4 is 20.5 Å². The zero-order valence-corrected chi connectivity index (χ0v) is 12.3. The zero-order valence-electron chi connectivity index (χ0n) is 12.3. The van der Waals surface area contributed by atoms with Crippen LogP contribution in [0.1, 0.15) is 24.2 Å². The highest BCUT2D eigenvalue weighted by atomic mass is 19.3. The second kappa shape index (κ2) is 7.21. The summed E-state index contributed by atoms with van der Waals surface area (Å²) in [4.78, 5) is 11.8. The van der Waals surface area contributed by atoms with Crippen molar-refractivity contribution in [2.24, 2.45) is 5.73 Å². The van der Waals surface area contributed by atoms with Gasteiger partial charge in [-0.2, -0.15) is 0 Å². The van der Waals surface area contributed by atoms with E-state index in [1.807, 2.05) is 13.8 Å². The molecule has 0 spiro atoms. The molecule has 0 unspecified atom stereocenters. The molecule has 21 heavy (non-hydrogen) atoms. The number of hydrogen-bond acceptors (Lipinski definition) is 4. The summed E-state index contributed by atoms with van der Waals surface area (Å²) in [5.41, 5.74) is 5.11. The second-order valence-corrected chi connectivity index (χ2v) is 4.77. The van der Waals surface area contributed by atoms with Crippen molar-refractivity contribution in [2.75, 3.05) is 20.2 Å². The average Bonchev–Trinajstić information content (AvgIpc) is 2.44. The van der Waals surface area contributed by atoms with Gasteiger partial charge in [-0.05, 0) is 32.0 Å². The number of halogens is 2. The van der Waals surface area contributed by atoms with Crippen molar-refractivity contribution in [1.29, 1.82) is 0 Å². The lowest BCUT2D eigenvalue weighted by molar-refractivity contribution is 0.0118. The number of rotatable bonds is 7. The summed E-state index contributed by atoms with van der Waals surface area (Å²) in [5.74, 6) is -2.91. The molecule has 1 rings (SSSR count). The van der Waals surface area contributed by atoms with Crippen molar-refractivity contribution in [2.45, 2.75) is 25.9 Å². The number of ether oxygens (including phenoxy) is 2. The first-order valence-corrected chi connectivity index (χ1v) is 6.50. The van der Waals surface area contributed by atoms with E-state index in [4.69, 9.17) is 15.2 Å². The van der Waals surface area contributed by atoms with E-state index in [2.05, 4.69) is 5.32 Å². The normalized spacial score (nSPS) is 11.4. The summed E-state index contributed by atoms with van der Waals surface area (Å²) in [6, 6.07) is 4.48. The molecule has 7 heteroatoms. The molecule has 118 valence electrons. The quantitative estimate of drug-likeness (QED) is 0.805. The molecule has 5 nitrogen and oxygen atoms in total. The van der Waals surface area contributed by atoms with Crippen molar-refractivity contribution in [3.05, 3.63) is 23.8 Å². The summed E-state index contributed by atoms with van der Waals surface area (Å²) in [6.07, 6.45) is -0.0539. The van der Waals surface area contributed by atoms with Gasteiger partial charge in [-0.15, -0.1) is 0 Å². The Morgan fingerprint density at radius 1 is 1.38 bits per heavy atom. The molecular weight excluding hydrogens is 282 g/mol. The van der Waals surface area contributed by atoms with Crippen LogP contribution in [0.2, 0.25) is 0 Å². The zero-order chi connectivity index (χ0) is 16.0. The van der Waals surface area contributed by atoms with Gasteiger partial charge in [0.2, 0.25) is 0 Å². The van der Waals surface area contributed by atoms with Crippen LogP contribution in [0.15, 0.2) is 18.2 Å². The number of hydrogen-bond donors (Lipinski definition) is 2. The van der Waals surface area contributed by atoms with Gasteiger partial charge in [0.15, 0.2) is 11.5 Å². The Morgan fingerprint density at radius 3 is 2.57 bits per heavy atom. The van der Waals surface area contributed by atoms with Crippen LogP contribution in [0, 0.1) is 0 Å². The van der Waals surface area contributed by atoms with Gasteiger partial charge in [0.1, 0.15) is 0 Å². The van der Waals surface area contributed by atoms with Gasteiger partial charge in [0, 0.05) is 5.56 Å². The smallest absolute Gasteiger partial charge is 0.277 e. The lowest BCUT2D eigenvalue weighted by Crippen LogP contribution is -2.41. The van der Waals surface area contributed by atoms with Crippen LogP contribution in [-0.2, 0) is 0 Å². The fraction of sp³-hybridized carbons (Fsp3) is 0.500. The van der Waals surface area contributed by atoms with Crippen LogP contribution in [0.3, 0.4) is 0 Å². The molecule has 0 aliphatic heterocycles. The molecule has 1 aromatic rings. The minimum absolute atomic E-state index is 0.0539. The molecule has 3 N–H and O–H groups in total. The first-order valence-electron chi connectivity index (χ1n) is 6.50. The average molecular weight is 302 g/mol. The van der Waals surface area contributed by atoms with Crippen molar-refractivity contribution in [3.8, 4) is 11.5 Å². The first kappa shape index (κ1) is 17.2. The van der Waals surface area contributed by atoms with Crippen molar-refractivity contribution in [1.82, 2.24) is 5.32 Å². The Kier molecular flexibility index (Phi) is 5.90. The topological polar surface area (TPSA) is 73.6 Å². The SMILES string of the molecule is COc1cc(C(=O)NCC(F)(F)CN)ccc1OC(C)C. The van der Waals surface area contributed by atoms with E-state index >= 15 is 0 Å². The van der Waals surface area contributed by atoms with Crippen LogP contribution in [0.4, 0.5) is 8.78 Å². The Labute approximate surface area is 122 Å². The number of nitrogens with two attached hydrogens (primary N) is 1. The molecule has 0 aliphatic carbocycles. The maximum atomic E-state index is 13.0. The van der Waals surface area contributed by atoms with Crippen LogP contribution in [0.25, 0.3) is 0 Å². The van der Waals surface area contributed by atoms with E-state index in [0.717, 1.165) is 0 Å². The highest BCUT2D eigenvalue weighted by molar-refractivity contribution is 5.94. The van der Waals surface area contributed by atoms with E-state index in [9.17, 15) is 13.6 Å². The summed E-state index contributed by atoms with van der Waals surface area (Å²) < 4.78 is 36.6. The minimum Gasteiger partial charge on any atom is -0.493 e. The third kappa shape index (κ3) is 5.18. The number of amides is 1. The van der Waals surface area contributed by atoms with Gasteiger partial charge < -0.3 is 20.5 Å². The lowest BCUT2D eigenvalue weighted by Gasteiger charge is -2.16. The number of nitrogens with one attached hydrogen (secondary N) is 1. The summed E-state index contributed by atoms with van der Waals surface area (Å²) in [5, 5.41) is 2.14. The Morgan fingerprint density at radius 2 is 2.05 bits per heavy atom. The van der Waals surface area contributed by atoms with Gasteiger partial charge >= 0.3 is 0 Å². The highest BCUT2D eigenvalue weighted by Crippen LogP contribution is 2.29. The van der Waals surface area contributed by atoms with Gasteiger partial charge in [0.25, 0.3) is 11.8 Å². The molecular formula is C14H20F2N2O3. The van der Waals surface area contributed by atoms with Gasteiger partial charge in [0.05, 0.1) is 26.3 Å². The molecule has 1 amide bonds. The van der Waals surface area contributed by atoms with Gasteiger partial charge in [-0.1, -0.05) is 0 Å². The Balaban J connectivity index is 2.82. The molecule has 0 atom stereocenters. The molecule has 0 heterocycles. The number of benzene rings is 1. The number of alkyl halides is 2. The van der Waals surface area contributed by atoms with E-state index in [-0.39, 0.29) is 11.7 Å². The summed E-state index contributed by atoms with van der Waals surface area (Å²) in [7, 11) is 1.44. The van der Waals surface area contributed by atoms with E-state index < -0.39 is 24.9 Å². The lowest BCUT2D eigenvalue weighted by atomic mass is 10.2. The number of carbonyl (C=O) groups excluding carboxylic acids is 1. The molecule has 1 aromatic carbocycles. The maximum Gasteiger partial charge on any atom is 0.277 e. The molecule has 0 bridgehead atoms. The highest BCUT2D eigenvalue weighted by Gasteiger charge is 2.27. The monoisotopic (exact) mass is 302 g/mol. The first-order chi connectivity index (χ1) is 9.79. The molecule has 0 radical (unpaired) electrons. The maximum absolute atomic E-state index is 13.0. The van der Waals surface area contributed by atoms with Crippen LogP contribution >= 0.6 is 0 Å². The predicted molar refractivity (Wildman–Crippen MR) is 75.1 cm³/mol. The standard InChI is InChI=1S/C14H20F2N2O3/c1-9(2)21-11-5-4-10(6-12(11)20-3)13(19)18-8-14(15,16)7-17/h4-6,9H,7-8,17H2,1-3H3,(H,18,19). The number of methoxy groups -OCH3 is 1. The van der Waals surface area contributed by atoms with Crippen LogP contribution in [-0.4, -0.2) is 38.1 Å². The fourth-order valence-electron chi connectivity index (χ4n) is 1.54. The summed E-state index contributed by atoms with van der Waals surface area (Å²) >= 11 is 0. The van der Waals surface area contributed by atoms with Crippen molar-refractivity contribution >= 4 is 5.91 Å². The third-order valence-electron chi connectivity index (χ3n) is 2.59. The molecule has 0 fully saturated rings. The van der Waals surface area contributed by atoms with Crippen molar-refractivity contribution < 1.29 is 23.0 Å². The second-order valence-electron chi connectivity index (χ2n) is 4.77. The molecule has 0 aliphatic rings.